The molecule has 0 saturated carbocycles. The van der Waals surface area contributed by atoms with Crippen LogP contribution in [0.2, 0.25) is 0 Å². The number of phenols is 1. The second kappa shape index (κ2) is 7.03. The summed E-state index contributed by atoms with van der Waals surface area (Å²) >= 11 is 0. The second-order valence-corrected chi connectivity index (χ2v) is 6.33. The molecule has 0 fully saturated rings. The van der Waals surface area contributed by atoms with Gasteiger partial charge in [-0.25, -0.2) is 4.79 Å². The van der Waals surface area contributed by atoms with Crippen LogP contribution in [0.1, 0.15) is 12.5 Å². The summed E-state index contributed by atoms with van der Waals surface area (Å²) in [7, 11) is -1.48. The van der Waals surface area contributed by atoms with E-state index in [1.807, 2.05) is 0 Å². The van der Waals surface area contributed by atoms with Crippen LogP contribution in [0.15, 0.2) is 18.2 Å². The minimum absolute atomic E-state index is 0.0181. The van der Waals surface area contributed by atoms with Crippen molar-refractivity contribution < 1.29 is 30.0 Å². The van der Waals surface area contributed by atoms with Crippen molar-refractivity contribution in [3.63, 3.8) is 0 Å². The number of aliphatic hydroxyl groups is 2. The quantitative estimate of drug-likeness (QED) is 0.294. The van der Waals surface area contributed by atoms with E-state index >= 15 is 0 Å². The second-order valence-electron chi connectivity index (χ2n) is 4.43. The Morgan fingerprint density at radius 1 is 1.35 bits per heavy atom. The number of amides is 1. The van der Waals surface area contributed by atoms with E-state index in [2.05, 4.69) is 5.32 Å². The van der Waals surface area contributed by atoms with Crippen molar-refractivity contribution in [2.45, 2.75) is 25.3 Å². The first-order chi connectivity index (χ1) is 9.29. The number of aliphatic carboxylic acids is 1. The normalized spacial score (nSPS) is 12.8. The molecule has 0 unspecified atom stereocenters. The highest BCUT2D eigenvalue weighted by molar-refractivity contribution is 6.54. The molecule has 0 aromatic heterocycles. The Kier molecular flexibility index (Phi) is 5.68. The van der Waals surface area contributed by atoms with Crippen LogP contribution >= 0.6 is 0 Å². The summed E-state index contributed by atoms with van der Waals surface area (Å²) in [6.07, 6.45) is 0.0181. The van der Waals surface area contributed by atoms with Crippen LogP contribution in [0.3, 0.4) is 0 Å². The van der Waals surface area contributed by atoms with Gasteiger partial charge < -0.3 is 25.7 Å². The maximum Gasteiger partial charge on any atom is 0.326 e. The van der Waals surface area contributed by atoms with E-state index in [9.17, 15) is 14.7 Å². The molecule has 0 aliphatic carbocycles. The molecule has 0 aliphatic rings. The number of hydrogen-bond donors (Lipinski definition) is 5. The first-order valence-corrected chi connectivity index (χ1v) is 7.48. The SMILES string of the molecule is CC(=O)N[C@@H](Cc1ccc(O)cc1[SiH2]C(O)O)C(=O)O. The number of benzene rings is 1. The van der Waals surface area contributed by atoms with Crippen molar-refractivity contribution in [1.29, 1.82) is 0 Å². The zero-order valence-corrected chi connectivity index (χ0v) is 12.3. The third-order valence-corrected chi connectivity index (χ3v) is 4.16. The fourth-order valence-corrected chi connectivity index (χ4v) is 3.11. The summed E-state index contributed by atoms with van der Waals surface area (Å²) in [6, 6.07) is 3.22. The van der Waals surface area contributed by atoms with Gasteiger partial charge in [0.25, 0.3) is 0 Å². The minimum Gasteiger partial charge on any atom is -0.508 e. The predicted octanol–water partition coefficient (Wildman–Crippen LogP) is -2.41. The van der Waals surface area contributed by atoms with Gasteiger partial charge in [0, 0.05) is 13.3 Å². The number of aromatic hydroxyl groups is 1. The van der Waals surface area contributed by atoms with Gasteiger partial charge in [0.1, 0.15) is 27.2 Å². The number of hydrogen-bond acceptors (Lipinski definition) is 5. The van der Waals surface area contributed by atoms with E-state index in [1.54, 1.807) is 0 Å². The summed E-state index contributed by atoms with van der Waals surface area (Å²) < 4.78 is 0. The summed E-state index contributed by atoms with van der Waals surface area (Å²) in [5.74, 6) is -3.13. The average Bonchev–Trinajstić information content (AvgIpc) is 2.29. The van der Waals surface area contributed by atoms with E-state index in [0.717, 1.165) is 0 Å². The van der Waals surface area contributed by atoms with Gasteiger partial charge in [0.05, 0.1) is 0 Å². The molecule has 1 amide bonds. The number of carbonyl (C=O) groups excluding carboxylic acids is 1. The Morgan fingerprint density at radius 2 is 2.00 bits per heavy atom. The van der Waals surface area contributed by atoms with Crippen molar-refractivity contribution in [3.8, 4) is 5.75 Å². The Morgan fingerprint density at radius 3 is 2.50 bits per heavy atom. The third-order valence-electron chi connectivity index (χ3n) is 2.69. The summed E-state index contributed by atoms with van der Waals surface area (Å²) in [5.41, 5.74) is 0.573. The molecule has 0 saturated heterocycles. The summed E-state index contributed by atoms with van der Waals surface area (Å²) in [6.45, 7) is 1.22. The smallest absolute Gasteiger partial charge is 0.326 e. The molecule has 8 heteroatoms. The van der Waals surface area contributed by atoms with Crippen LogP contribution < -0.4 is 10.5 Å². The molecule has 1 atom stereocenters. The zero-order valence-electron chi connectivity index (χ0n) is 10.9. The Bertz CT molecular complexity index is 505. The van der Waals surface area contributed by atoms with Crippen molar-refractivity contribution in [2.75, 3.05) is 0 Å². The van der Waals surface area contributed by atoms with Crippen LogP contribution in [0.5, 0.6) is 5.75 Å². The van der Waals surface area contributed by atoms with Crippen LogP contribution in [-0.4, -0.2) is 53.8 Å². The van der Waals surface area contributed by atoms with Crippen LogP contribution in [0, 0.1) is 0 Å². The number of carbonyl (C=O) groups is 2. The number of phenolic OH excluding ortho intramolecular Hbond substituents is 1. The van der Waals surface area contributed by atoms with Crippen LogP contribution in [0.4, 0.5) is 0 Å². The predicted molar refractivity (Wildman–Crippen MR) is 73.5 cm³/mol. The lowest BCUT2D eigenvalue weighted by Crippen LogP contribution is -2.43. The Balaban J connectivity index is 2.99. The minimum atomic E-state index is -1.48. The summed E-state index contributed by atoms with van der Waals surface area (Å²) in [5, 5.41) is 39.5. The van der Waals surface area contributed by atoms with E-state index in [4.69, 9.17) is 15.3 Å². The molecular formula is C12H17NO6Si. The van der Waals surface area contributed by atoms with Gasteiger partial charge in [0.2, 0.25) is 5.91 Å². The van der Waals surface area contributed by atoms with E-state index < -0.39 is 33.4 Å². The van der Waals surface area contributed by atoms with Crippen LogP contribution in [0.25, 0.3) is 0 Å². The monoisotopic (exact) mass is 299 g/mol. The molecule has 1 rings (SSSR count). The lowest BCUT2D eigenvalue weighted by atomic mass is 10.1. The maximum absolute atomic E-state index is 11.1. The van der Waals surface area contributed by atoms with Gasteiger partial charge >= 0.3 is 5.97 Å². The van der Waals surface area contributed by atoms with E-state index in [-0.39, 0.29) is 12.2 Å². The lowest BCUT2D eigenvalue weighted by Gasteiger charge is -2.16. The molecule has 0 spiro atoms. The highest BCUT2D eigenvalue weighted by Crippen LogP contribution is 2.10. The number of nitrogens with one attached hydrogen (secondary N) is 1. The molecule has 0 bridgehead atoms. The maximum atomic E-state index is 11.1. The fraction of sp³-hybridized carbons (Fsp3) is 0.333. The highest BCUT2D eigenvalue weighted by Gasteiger charge is 2.21. The molecule has 5 N–H and O–H groups in total. The molecular weight excluding hydrogens is 282 g/mol. The largest absolute Gasteiger partial charge is 0.508 e. The van der Waals surface area contributed by atoms with E-state index in [1.165, 1.54) is 25.1 Å². The number of carboxylic acid groups (broad SMARTS) is 1. The molecule has 1 aromatic rings. The van der Waals surface area contributed by atoms with Crippen molar-refractivity contribution in [1.82, 2.24) is 5.32 Å². The molecule has 20 heavy (non-hydrogen) atoms. The number of aliphatic hydroxyl groups excluding tert-OH is 1. The highest BCUT2D eigenvalue weighted by atomic mass is 28.2. The van der Waals surface area contributed by atoms with Gasteiger partial charge in [-0.3, -0.25) is 4.79 Å². The Hall–Kier alpha value is -1.90. The van der Waals surface area contributed by atoms with Crippen molar-refractivity contribution >= 4 is 26.6 Å². The van der Waals surface area contributed by atoms with Crippen molar-refractivity contribution in [3.05, 3.63) is 23.8 Å². The van der Waals surface area contributed by atoms with Gasteiger partial charge in [-0.1, -0.05) is 11.3 Å². The standard InChI is InChI=1S/C12H17NO6Si/c1-6(14)13-9(11(16)17)4-7-2-3-8(15)5-10(7)20-12(18)19/h2-3,5,9,12,15,18-19H,4,20H2,1H3,(H,13,14)(H,16,17)/t9-/m0/s1. The first-order valence-electron chi connectivity index (χ1n) is 5.96. The van der Waals surface area contributed by atoms with Gasteiger partial charge in [-0.05, 0) is 17.7 Å². The first kappa shape index (κ1) is 16.2. The number of carboxylic acids is 1. The topological polar surface area (TPSA) is 127 Å². The van der Waals surface area contributed by atoms with Gasteiger partial charge in [-0.2, -0.15) is 0 Å². The lowest BCUT2D eigenvalue weighted by molar-refractivity contribution is -0.141. The van der Waals surface area contributed by atoms with Gasteiger partial charge in [0.15, 0.2) is 0 Å². The van der Waals surface area contributed by atoms with E-state index in [0.29, 0.717) is 10.8 Å². The average molecular weight is 299 g/mol. The molecule has 1 aromatic carbocycles. The molecule has 0 aliphatic heterocycles. The summed E-state index contributed by atoms with van der Waals surface area (Å²) in [4.78, 5) is 22.1. The molecule has 110 valence electrons. The molecule has 7 nitrogen and oxygen atoms in total. The van der Waals surface area contributed by atoms with Crippen molar-refractivity contribution in [2.24, 2.45) is 0 Å². The van der Waals surface area contributed by atoms with Gasteiger partial charge in [-0.15, -0.1) is 0 Å². The fourth-order valence-electron chi connectivity index (χ4n) is 1.86. The zero-order chi connectivity index (χ0) is 15.3. The van der Waals surface area contributed by atoms with Crippen LogP contribution in [-0.2, 0) is 16.0 Å². The third kappa shape index (κ3) is 5.00. The number of rotatable bonds is 6. The molecule has 0 heterocycles. The molecule has 0 radical (unpaired) electrons. The Labute approximate surface area is 117 Å².